The summed E-state index contributed by atoms with van der Waals surface area (Å²) in [4.78, 5) is 4.43. The molecule has 0 spiro atoms. The number of piperidine rings is 1. The topological polar surface area (TPSA) is 74.5 Å². The van der Waals surface area contributed by atoms with Gasteiger partial charge in [-0.2, -0.15) is 0 Å². The van der Waals surface area contributed by atoms with Crippen LogP contribution in [0.2, 0.25) is 5.02 Å². The van der Waals surface area contributed by atoms with Crippen molar-refractivity contribution in [2.45, 2.75) is 63.4 Å². The third-order valence-electron chi connectivity index (χ3n) is 4.66. The molecule has 25 heavy (non-hydrogen) atoms. The second-order valence-corrected chi connectivity index (χ2v) is 8.84. The molecule has 0 saturated carbocycles. The standard InChI is InChI=1S/C19H28ClN5/c1-17(2)11-15(12-18(3,4)25-17)23-16-8-9-22-19(21,24-16)13-6-5-7-14(20)10-13/h5-10,15,23-25H,11-12,21H2,1-4H3. The molecular weight excluding hydrogens is 334 g/mol. The number of nitrogens with two attached hydrogens (primary N) is 1. The summed E-state index contributed by atoms with van der Waals surface area (Å²) in [5.41, 5.74) is 7.48. The number of nitrogens with zero attached hydrogens (tertiary/aromatic N) is 1. The Balaban J connectivity index is 1.74. The predicted molar refractivity (Wildman–Crippen MR) is 104 cm³/mol. The molecule has 136 valence electrons. The number of nitrogens with one attached hydrogen (secondary N) is 3. The van der Waals surface area contributed by atoms with Crippen molar-refractivity contribution in [2.75, 3.05) is 0 Å². The van der Waals surface area contributed by atoms with Crippen LogP contribution in [0, 0.1) is 0 Å². The second-order valence-electron chi connectivity index (χ2n) is 8.40. The fourth-order valence-electron chi connectivity index (χ4n) is 4.11. The van der Waals surface area contributed by atoms with Crippen molar-refractivity contribution in [3.8, 4) is 0 Å². The first-order chi connectivity index (χ1) is 11.6. The minimum absolute atomic E-state index is 0.0789. The number of hydrogen-bond acceptors (Lipinski definition) is 5. The quantitative estimate of drug-likeness (QED) is 0.668. The molecule has 0 radical (unpaired) electrons. The van der Waals surface area contributed by atoms with Crippen LogP contribution in [0.5, 0.6) is 0 Å². The van der Waals surface area contributed by atoms with Gasteiger partial charge in [0.25, 0.3) is 0 Å². The summed E-state index contributed by atoms with van der Waals surface area (Å²) in [5, 5.41) is 11.3. The van der Waals surface area contributed by atoms with Gasteiger partial charge >= 0.3 is 0 Å². The molecular formula is C19H28ClN5. The highest BCUT2D eigenvalue weighted by atomic mass is 35.5. The van der Waals surface area contributed by atoms with Crippen molar-refractivity contribution < 1.29 is 0 Å². The van der Waals surface area contributed by atoms with Gasteiger partial charge in [-0.1, -0.05) is 23.7 Å². The first kappa shape index (κ1) is 18.2. The van der Waals surface area contributed by atoms with Crippen molar-refractivity contribution in [3.05, 3.63) is 46.7 Å². The minimum atomic E-state index is -1.01. The van der Waals surface area contributed by atoms with E-state index in [4.69, 9.17) is 17.3 Å². The second kappa shape index (κ2) is 6.31. The number of benzene rings is 1. The highest BCUT2D eigenvalue weighted by Gasteiger charge is 2.38. The van der Waals surface area contributed by atoms with Gasteiger partial charge in [0.1, 0.15) is 5.82 Å². The third-order valence-corrected chi connectivity index (χ3v) is 4.89. The molecule has 0 amide bonds. The Morgan fingerprint density at radius 1 is 1.20 bits per heavy atom. The molecule has 5 nitrogen and oxygen atoms in total. The van der Waals surface area contributed by atoms with Gasteiger partial charge in [-0.25, -0.2) is 4.99 Å². The van der Waals surface area contributed by atoms with E-state index in [1.165, 1.54) is 0 Å². The Hall–Kier alpha value is -1.56. The van der Waals surface area contributed by atoms with E-state index in [1.807, 2.05) is 30.3 Å². The van der Waals surface area contributed by atoms with Crippen LogP contribution in [-0.4, -0.2) is 23.3 Å². The van der Waals surface area contributed by atoms with E-state index >= 15 is 0 Å². The molecule has 5 N–H and O–H groups in total. The molecule has 1 unspecified atom stereocenters. The smallest absolute Gasteiger partial charge is 0.210 e. The van der Waals surface area contributed by atoms with Crippen molar-refractivity contribution in [2.24, 2.45) is 10.7 Å². The normalized spacial score (nSPS) is 28.2. The number of aliphatic imine (C=N–C) groups is 1. The maximum Gasteiger partial charge on any atom is 0.210 e. The lowest BCUT2D eigenvalue weighted by atomic mass is 9.79. The average molecular weight is 362 g/mol. The summed E-state index contributed by atoms with van der Waals surface area (Å²) in [6, 6.07) is 7.82. The molecule has 2 heterocycles. The van der Waals surface area contributed by atoms with E-state index in [-0.39, 0.29) is 11.1 Å². The van der Waals surface area contributed by atoms with E-state index in [1.54, 1.807) is 6.21 Å². The molecule has 1 fully saturated rings. The van der Waals surface area contributed by atoms with Crippen LogP contribution in [0.15, 0.2) is 41.2 Å². The Kier molecular flexibility index (Phi) is 4.60. The van der Waals surface area contributed by atoms with Crippen LogP contribution in [-0.2, 0) is 5.79 Å². The molecule has 6 heteroatoms. The molecule has 0 aromatic heterocycles. The van der Waals surface area contributed by atoms with Gasteiger partial charge in [0.2, 0.25) is 5.79 Å². The number of hydrogen-bond donors (Lipinski definition) is 4. The molecule has 0 aliphatic carbocycles. The fraction of sp³-hybridized carbons (Fsp3) is 0.526. The Labute approximate surface area is 155 Å². The monoisotopic (exact) mass is 361 g/mol. The predicted octanol–water partition coefficient (Wildman–Crippen LogP) is 2.82. The van der Waals surface area contributed by atoms with Crippen molar-refractivity contribution in [1.82, 2.24) is 16.0 Å². The molecule has 1 aromatic rings. The molecule has 3 rings (SSSR count). The van der Waals surface area contributed by atoms with Gasteiger partial charge in [0.05, 0.1) is 0 Å². The van der Waals surface area contributed by atoms with E-state index in [0.29, 0.717) is 11.1 Å². The summed E-state index contributed by atoms with van der Waals surface area (Å²) in [6.45, 7) is 8.97. The van der Waals surface area contributed by atoms with E-state index in [2.05, 4.69) is 48.6 Å². The molecule has 1 saturated heterocycles. The summed E-state index contributed by atoms with van der Waals surface area (Å²) < 4.78 is 0. The number of halogens is 1. The van der Waals surface area contributed by atoms with Crippen molar-refractivity contribution >= 4 is 17.8 Å². The van der Waals surface area contributed by atoms with E-state index in [9.17, 15) is 0 Å². The highest BCUT2D eigenvalue weighted by Crippen LogP contribution is 2.29. The van der Waals surface area contributed by atoms with Crippen LogP contribution in [0.4, 0.5) is 0 Å². The van der Waals surface area contributed by atoms with Crippen LogP contribution < -0.4 is 21.7 Å². The maximum absolute atomic E-state index is 6.49. The summed E-state index contributed by atoms with van der Waals surface area (Å²) in [5.74, 6) is -0.129. The van der Waals surface area contributed by atoms with Crippen molar-refractivity contribution in [1.29, 1.82) is 0 Å². The highest BCUT2D eigenvalue weighted by molar-refractivity contribution is 6.30. The van der Waals surface area contributed by atoms with Gasteiger partial charge < -0.3 is 16.0 Å². The molecule has 1 aromatic carbocycles. The van der Waals surface area contributed by atoms with Crippen molar-refractivity contribution in [3.63, 3.8) is 0 Å². The zero-order valence-corrected chi connectivity index (χ0v) is 16.1. The third kappa shape index (κ3) is 4.35. The van der Waals surface area contributed by atoms with E-state index < -0.39 is 5.79 Å². The first-order valence-corrected chi connectivity index (χ1v) is 9.09. The molecule has 2 aliphatic rings. The van der Waals surface area contributed by atoms with Crippen LogP contribution in [0.3, 0.4) is 0 Å². The zero-order valence-electron chi connectivity index (χ0n) is 15.4. The lowest BCUT2D eigenvalue weighted by Crippen LogP contribution is -2.62. The van der Waals surface area contributed by atoms with E-state index in [0.717, 1.165) is 24.2 Å². The van der Waals surface area contributed by atoms with Crippen LogP contribution in [0.25, 0.3) is 0 Å². The lowest BCUT2D eigenvalue weighted by molar-refractivity contribution is 0.148. The number of rotatable bonds is 3. The number of allylic oxidation sites excluding steroid dienone is 1. The molecule has 1 atom stereocenters. The van der Waals surface area contributed by atoms with Gasteiger partial charge in [0, 0.05) is 33.9 Å². The Morgan fingerprint density at radius 3 is 2.52 bits per heavy atom. The van der Waals surface area contributed by atoms with Gasteiger partial charge in [-0.15, -0.1) is 0 Å². The summed E-state index contributed by atoms with van der Waals surface area (Å²) in [6.07, 6.45) is 5.73. The molecule has 2 aliphatic heterocycles. The summed E-state index contributed by atoms with van der Waals surface area (Å²) >= 11 is 6.11. The first-order valence-electron chi connectivity index (χ1n) is 8.72. The van der Waals surface area contributed by atoms with Gasteiger partial charge in [-0.05, 0) is 58.7 Å². The fourth-order valence-corrected chi connectivity index (χ4v) is 4.30. The maximum atomic E-state index is 6.49. The Morgan fingerprint density at radius 2 is 1.88 bits per heavy atom. The average Bonchev–Trinajstić information content (AvgIpc) is 2.44. The lowest BCUT2D eigenvalue weighted by Gasteiger charge is -2.47. The van der Waals surface area contributed by atoms with Gasteiger partial charge in [-0.3, -0.25) is 5.73 Å². The van der Waals surface area contributed by atoms with Crippen LogP contribution in [0.1, 0.15) is 46.1 Å². The minimum Gasteiger partial charge on any atom is -0.369 e. The Bertz CT molecular complexity index is 694. The molecule has 0 bridgehead atoms. The summed E-state index contributed by atoms with van der Waals surface area (Å²) in [7, 11) is 0. The largest absolute Gasteiger partial charge is 0.369 e. The van der Waals surface area contributed by atoms with Crippen LogP contribution >= 0.6 is 11.6 Å². The van der Waals surface area contributed by atoms with Gasteiger partial charge in [0.15, 0.2) is 0 Å². The SMILES string of the molecule is CC1(C)CC(NC2=CC=NC(N)(c3cccc(Cl)c3)N2)CC(C)(C)N1. The zero-order chi connectivity index (χ0) is 18.3.